The quantitative estimate of drug-likeness (QED) is 0.352. The maximum atomic E-state index is 13.1. The zero-order valence-electron chi connectivity index (χ0n) is 14.2. The maximum absolute atomic E-state index is 13.1. The molecule has 1 aromatic carbocycles. The number of aliphatic imine (C=N–C) groups is 1. The Bertz CT molecular complexity index is 750. The highest BCUT2D eigenvalue weighted by atomic mass is 127. The van der Waals surface area contributed by atoms with E-state index in [9.17, 15) is 9.18 Å². The van der Waals surface area contributed by atoms with Crippen LogP contribution in [0.3, 0.4) is 0 Å². The van der Waals surface area contributed by atoms with Crippen LogP contribution in [0.2, 0.25) is 0 Å². The van der Waals surface area contributed by atoms with Gasteiger partial charge in [-0.2, -0.15) is 0 Å². The van der Waals surface area contributed by atoms with Crippen molar-refractivity contribution in [1.29, 1.82) is 0 Å². The standard InChI is InChI=1S/C16H20FN5OS.HI/c1-10-14(24-11(2)21-10)8-19-16(18-3)20-9-15(23)22-13-6-4-5-12(17)7-13;/h4-7H,8-9H2,1-3H3,(H,22,23)(H2,18,19,20);1H. The van der Waals surface area contributed by atoms with Crippen LogP contribution in [0.4, 0.5) is 10.1 Å². The first-order valence-electron chi connectivity index (χ1n) is 7.40. The summed E-state index contributed by atoms with van der Waals surface area (Å²) in [5.74, 6) is -0.170. The van der Waals surface area contributed by atoms with E-state index in [-0.39, 0.29) is 36.4 Å². The summed E-state index contributed by atoms with van der Waals surface area (Å²) in [5.41, 5.74) is 1.41. The number of nitrogens with zero attached hydrogens (tertiary/aromatic N) is 2. The molecule has 0 aliphatic rings. The molecular formula is C16H21FIN5OS. The molecule has 6 nitrogen and oxygen atoms in total. The van der Waals surface area contributed by atoms with Gasteiger partial charge in [0.2, 0.25) is 5.91 Å². The normalized spacial score (nSPS) is 10.8. The fraction of sp³-hybridized carbons (Fsp3) is 0.312. The van der Waals surface area contributed by atoms with Gasteiger partial charge in [-0.25, -0.2) is 9.37 Å². The Morgan fingerprint density at radius 3 is 2.68 bits per heavy atom. The van der Waals surface area contributed by atoms with E-state index >= 15 is 0 Å². The minimum atomic E-state index is -0.395. The summed E-state index contributed by atoms with van der Waals surface area (Å²) in [4.78, 5) is 21.5. The van der Waals surface area contributed by atoms with Crippen LogP contribution in [-0.2, 0) is 11.3 Å². The van der Waals surface area contributed by atoms with Gasteiger partial charge in [0.25, 0.3) is 0 Å². The number of carbonyl (C=O) groups is 1. The number of benzene rings is 1. The molecule has 0 atom stereocenters. The molecule has 3 N–H and O–H groups in total. The summed E-state index contributed by atoms with van der Waals surface area (Å²) in [6, 6.07) is 5.75. The molecule has 2 rings (SSSR count). The van der Waals surface area contributed by atoms with Crippen LogP contribution in [-0.4, -0.2) is 30.4 Å². The largest absolute Gasteiger partial charge is 0.351 e. The van der Waals surface area contributed by atoms with Gasteiger partial charge in [-0.05, 0) is 32.0 Å². The molecule has 0 radical (unpaired) electrons. The number of hydrogen-bond donors (Lipinski definition) is 3. The Kier molecular flexibility index (Phi) is 8.76. The molecule has 25 heavy (non-hydrogen) atoms. The molecule has 0 saturated carbocycles. The first-order chi connectivity index (χ1) is 11.5. The Morgan fingerprint density at radius 2 is 2.08 bits per heavy atom. The third-order valence-corrected chi connectivity index (χ3v) is 4.24. The molecular weight excluding hydrogens is 456 g/mol. The Balaban J connectivity index is 0.00000312. The lowest BCUT2D eigenvalue weighted by molar-refractivity contribution is -0.115. The molecule has 136 valence electrons. The van der Waals surface area contributed by atoms with Crippen LogP contribution in [0.25, 0.3) is 0 Å². The van der Waals surface area contributed by atoms with E-state index in [0.29, 0.717) is 18.2 Å². The number of nitrogens with one attached hydrogen (secondary N) is 3. The van der Waals surface area contributed by atoms with Crippen molar-refractivity contribution in [2.24, 2.45) is 4.99 Å². The van der Waals surface area contributed by atoms with Gasteiger partial charge in [-0.15, -0.1) is 35.3 Å². The van der Waals surface area contributed by atoms with Crippen LogP contribution in [0.5, 0.6) is 0 Å². The van der Waals surface area contributed by atoms with Crippen LogP contribution in [0.15, 0.2) is 29.3 Å². The highest BCUT2D eigenvalue weighted by molar-refractivity contribution is 14.0. The van der Waals surface area contributed by atoms with Crippen LogP contribution in [0, 0.1) is 19.7 Å². The Labute approximate surface area is 167 Å². The van der Waals surface area contributed by atoms with Crippen LogP contribution in [0.1, 0.15) is 15.6 Å². The van der Waals surface area contributed by atoms with Gasteiger partial charge >= 0.3 is 0 Å². The summed E-state index contributed by atoms with van der Waals surface area (Å²) in [6.45, 7) is 4.54. The van der Waals surface area contributed by atoms with Gasteiger partial charge in [0, 0.05) is 17.6 Å². The molecule has 0 aliphatic carbocycles. The van der Waals surface area contributed by atoms with Crippen molar-refractivity contribution >= 4 is 52.9 Å². The topological polar surface area (TPSA) is 78.4 Å². The van der Waals surface area contributed by atoms with E-state index in [4.69, 9.17) is 0 Å². The first kappa shape index (κ1) is 21.3. The second-order valence-electron chi connectivity index (χ2n) is 5.08. The van der Waals surface area contributed by atoms with Crippen molar-refractivity contribution in [2.45, 2.75) is 20.4 Å². The second-order valence-corrected chi connectivity index (χ2v) is 6.37. The summed E-state index contributed by atoms with van der Waals surface area (Å²) in [5, 5.41) is 9.69. The number of amides is 1. The number of hydrogen-bond acceptors (Lipinski definition) is 4. The summed E-state index contributed by atoms with van der Waals surface area (Å²) < 4.78 is 13.1. The molecule has 1 aromatic heterocycles. The van der Waals surface area contributed by atoms with Crippen LogP contribution >= 0.6 is 35.3 Å². The van der Waals surface area contributed by atoms with Crippen LogP contribution < -0.4 is 16.0 Å². The molecule has 0 bridgehead atoms. The van der Waals surface area contributed by atoms with E-state index in [1.165, 1.54) is 18.2 Å². The highest BCUT2D eigenvalue weighted by Gasteiger charge is 2.07. The number of aryl methyl sites for hydroxylation is 2. The summed E-state index contributed by atoms with van der Waals surface area (Å²) in [6.07, 6.45) is 0. The number of guanidine groups is 1. The molecule has 0 saturated heterocycles. The van der Waals surface area contributed by atoms with Crippen molar-refractivity contribution in [1.82, 2.24) is 15.6 Å². The van der Waals surface area contributed by atoms with Gasteiger partial charge in [0.1, 0.15) is 5.82 Å². The lowest BCUT2D eigenvalue weighted by Gasteiger charge is -2.11. The predicted molar refractivity (Wildman–Crippen MR) is 110 cm³/mol. The predicted octanol–water partition coefficient (Wildman–Crippen LogP) is 2.82. The van der Waals surface area contributed by atoms with Gasteiger partial charge < -0.3 is 16.0 Å². The Hall–Kier alpha value is -1.75. The van der Waals surface area contributed by atoms with Crippen molar-refractivity contribution in [2.75, 3.05) is 18.9 Å². The lowest BCUT2D eigenvalue weighted by Crippen LogP contribution is -2.41. The van der Waals surface area contributed by atoms with E-state index in [2.05, 4.69) is 25.9 Å². The molecule has 1 amide bonds. The number of thiazole rings is 1. The molecule has 1 heterocycles. The number of carbonyl (C=O) groups excluding carboxylic acids is 1. The molecule has 9 heteroatoms. The van der Waals surface area contributed by atoms with Gasteiger partial charge in [0.15, 0.2) is 5.96 Å². The van der Waals surface area contributed by atoms with Crippen molar-refractivity contribution in [3.8, 4) is 0 Å². The Morgan fingerprint density at radius 1 is 1.32 bits per heavy atom. The highest BCUT2D eigenvalue weighted by Crippen LogP contribution is 2.16. The van der Waals surface area contributed by atoms with Crippen molar-refractivity contribution in [3.05, 3.63) is 45.7 Å². The number of aromatic nitrogens is 1. The zero-order valence-corrected chi connectivity index (χ0v) is 17.4. The molecule has 0 aliphatic heterocycles. The summed E-state index contributed by atoms with van der Waals surface area (Å²) in [7, 11) is 1.63. The van der Waals surface area contributed by atoms with E-state index in [0.717, 1.165) is 15.6 Å². The first-order valence-corrected chi connectivity index (χ1v) is 8.22. The number of anilines is 1. The van der Waals surface area contributed by atoms with Gasteiger partial charge in [0.05, 0.1) is 23.8 Å². The SMILES string of the molecule is CN=C(NCC(=O)Nc1cccc(F)c1)NCc1sc(C)nc1C.I. The van der Waals surface area contributed by atoms with Gasteiger partial charge in [-0.3, -0.25) is 9.79 Å². The van der Waals surface area contributed by atoms with E-state index < -0.39 is 5.82 Å². The lowest BCUT2D eigenvalue weighted by atomic mass is 10.3. The fourth-order valence-electron chi connectivity index (χ4n) is 2.06. The minimum absolute atomic E-state index is 0. The third-order valence-electron chi connectivity index (χ3n) is 3.16. The number of rotatable bonds is 5. The third kappa shape index (κ3) is 6.94. The summed E-state index contributed by atoms with van der Waals surface area (Å²) >= 11 is 1.62. The molecule has 2 aromatic rings. The number of halogens is 2. The average molecular weight is 477 g/mol. The fourth-order valence-corrected chi connectivity index (χ4v) is 2.93. The molecule has 0 unspecified atom stereocenters. The van der Waals surface area contributed by atoms with E-state index in [1.54, 1.807) is 24.5 Å². The smallest absolute Gasteiger partial charge is 0.243 e. The molecule has 0 spiro atoms. The monoisotopic (exact) mass is 477 g/mol. The maximum Gasteiger partial charge on any atom is 0.243 e. The average Bonchev–Trinajstić information content (AvgIpc) is 2.85. The van der Waals surface area contributed by atoms with Gasteiger partial charge in [-0.1, -0.05) is 6.07 Å². The minimum Gasteiger partial charge on any atom is -0.351 e. The van der Waals surface area contributed by atoms with Crippen molar-refractivity contribution < 1.29 is 9.18 Å². The molecule has 0 fully saturated rings. The second kappa shape index (κ2) is 10.3. The van der Waals surface area contributed by atoms with E-state index in [1.807, 2.05) is 13.8 Å². The van der Waals surface area contributed by atoms with Crippen molar-refractivity contribution in [3.63, 3.8) is 0 Å². The zero-order chi connectivity index (χ0) is 17.5.